The Morgan fingerprint density at radius 3 is 3.00 bits per heavy atom. The number of rotatable bonds is 2. The summed E-state index contributed by atoms with van der Waals surface area (Å²) in [5.41, 5.74) is 5.14. The number of hydrogen-bond donors (Lipinski definition) is 0. The third-order valence-electron chi connectivity index (χ3n) is 2.48. The molecule has 0 spiro atoms. The highest BCUT2D eigenvalue weighted by Gasteiger charge is 2.12. The van der Waals surface area contributed by atoms with Gasteiger partial charge in [-0.1, -0.05) is 36.4 Å². The van der Waals surface area contributed by atoms with Crippen molar-refractivity contribution in [1.29, 1.82) is 0 Å². The van der Waals surface area contributed by atoms with Crippen molar-refractivity contribution in [3.05, 3.63) is 47.5 Å². The van der Waals surface area contributed by atoms with Crippen LogP contribution in [0.5, 0.6) is 0 Å². The first-order chi connectivity index (χ1) is 6.77. The fourth-order valence-corrected chi connectivity index (χ4v) is 1.85. The molecule has 0 unspecified atom stereocenters. The minimum absolute atomic E-state index is 0.914. The van der Waals surface area contributed by atoms with E-state index in [1.54, 1.807) is 0 Å². The zero-order chi connectivity index (χ0) is 9.97. The minimum atomic E-state index is 0.914. The molecule has 1 heteroatoms. The van der Waals surface area contributed by atoms with Crippen molar-refractivity contribution >= 4 is 5.71 Å². The number of fused-ring (bicyclic) bond motifs is 1. The van der Waals surface area contributed by atoms with Crippen molar-refractivity contribution in [2.24, 2.45) is 4.99 Å². The van der Waals surface area contributed by atoms with Crippen molar-refractivity contribution in [2.45, 2.75) is 19.8 Å². The quantitative estimate of drug-likeness (QED) is 0.628. The normalized spacial score (nSPS) is 14.5. The molecule has 2 rings (SSSR count). The Hall–Kier alpha value is -1.37. The molecule has 0 aliphatic carbocycles. The predicted octanol–water partition coefficient (Wildman–Crippen LogP) is 3.00. The van der Waals surface area contributed by atoms with E-state index >= 15 is 0 Å². The molecule has 1 aliphatic heterocycles. The monoisotopic (exact) mass is 185 g/mol. The van der Waals surface area contributed by atoms with Crippen LogP contribution in [-0.4, -0.2) is 12.3 Å². The Labute approximate surface area is 85.2 Å². The maximum Gasteiger partial charge on any atom is 0.0463 e. The largest absolute Gasteiger partial charge is 0.288 e. The van der Waals surface area contributed by atoms with Gasteiger partial charge in [-0.15, -0.1) is 0 Å². The summed E-state index contributed by atoms with van der Waals surface area (Å²) in [6.07, 6.45) is 1.99. The molecule has 0 amide bonds. The van der Waals surface area contributed by atoms with E-state index < -0.39 is 0 Å². The summed E-state index contributed by atoms with van der Waals surface area (Å²) in [6, 6.07) is 8.54. The molecule has 1 aromatic rings. The van der Waals surface area contributed by atoms with Crippen molar-refractivity contribution in [3.8, 4) is 0 Å². The maximum absolute atomic E-state index is 4.57. The van der Waals surface area contributed by atoms with E-state index in [4.69, 9.17) is 0 Å². The number of allylic oxidation sites excluding steroid dienone is 1. The summed E-state index contributed by atoms with van der Waals surface area (Å²) in [6.45, 7) is 6.93. The zero-order valence-corrected chi connectivity index (χ0v) is 8.59. The molecular weight excluding hydrogens is 170 g/mol. The Morgan fingerprint density at radius 1 is 1.43 bits per heavy atom. The van der Waals surface area contributed by atoms with Crippen LogP contribution in [0.1, 0.15) is 24.5 Å². The highest BCUT2D eigenvalue weighted by atomic mass is 14.7. The van der Waals surface area contributed by atoms with Gasteiger partial charge in [0.25, 0.3) is 0 Å². The standard InChI is InChI=1S/C13H15N/c1-10(2)9-13-12-6-4-3-5-11(12)7-8-14-13/h3-6H,1,7-9H2,2H3. The molecule has 14 heavy (non-hydrogen) atoms. The van der Waals surface area contributed by atoms with E-state index in [0.717, 1.165) is 19.4 Å². The second-order valence-corrected chi connectivity index (χ2v) is 3.87. The number of aliphatic imine (C=N–C) groups is 1. The molecule has 1 aliphatic rings. The minimum Gasteiger partial charge on any atom is -0.288 e. The van der Waals surface area contributed by atoms with E-state index in [1.165, 1.54) is 22.4 Å². The predicted molar refractivity (Wildman–Crippen MR) is 61.0 cm³/mol. The zero-order valence-electron chi connectivity index (χ0n) is 8.59. The Balaban J connectivity index is 2.35. The van der Waals surface area contributed by atoms with Gasteiger partial charge in [-0.2, -0.15) is 0 Å². The van der Waals surface area contributed by atoms with Gasteiger partial charge in [0.15, 0.2) is 0 Å². The van der Waals surface area contributed by atoms with Gasteiger partial charge in [0.2, 0.25) is 0 Å². The van der Waals surface area contributed by atoms with Crippen molar-refractivity contribution < 1.29 is 0 Å². The highest BCUT2D eigenvalue weighted by Crippen LogP contribution is 2.18. The summed E-state index contributed by atoms with van der Waals surface area (Å²) in [7, 11) is 0. The van der Waals surface area contributed by atoms with Gasteiger partial charge in [-0.3, -0.25) is 4.99 Å². The lowest BCUT2D eigenvalue weighted by molar-refractivity contribution is 0.933. The van der Waals surface area contributed by atoms with Gasteiger partial charge in [-0.05, 0) is 24.5 Å². The van der Waals surface area contributed by atoms with Crippen LogP contribution in [-0.2, 0) is 6.42 Å². The number of nitrogens with zero attached hydrogens (tertiary/aromatic N) is 1. The van der Waals surface area contributed by atoms with Crippen LogP contribution in [0.3, 0.4) is 0 Å². The lowest BCUT2D eigenvalue weighted by Gasteiger charge is -2.16. The molecule has 0 saturated heterocycles. The molecule has 1 aromatic carbocycles. The molecule has 0 saturated carbocycles. The maximum atomic E-state index is 4.57. The van der Waals surface area contributed by atoms with Gasteiger partial charge in [0.1, 0.15) is 0 Å². The SMILES string of the molecule is C=C(C)CC1=NCCc2ccccc21. The van der Waals surface area contributed by atoms with Crippen LogP contribution in [0, 0.1) is 0 Å². The van der Waals surface area contributed by atoms with Crippen LogP contribution < -0.4 is 0 Å². The molecule has 1 nitrogen and oxygen atoms in total. The smallest absolute Gasteiger partial charge is 0.0463 e. The number of hydrogen-bond acceptors (Lipinski definition) is 1. The van der Waals surface area contributed by atoms with Gasteiger partial charge in [0, 0.05) is 18.7 Å². The summed E-state index contributed by atoms with van der Waals surface area (Å²) < 4.78 is 0. The molecule has 0 bridgehead atoms. The van der Waals surface area contributed by atoms with Gasteiger partial charge >= 0.3 is 0 Å². The van der Waals surface area contributed by atoms with Gasteiger partial charge in [-0.25, -0.2) is 0 Å². The molecule has 0 radical (unpaired) electrons. The second-order valence-electron chi connectivity index (χ2n) is 3.87. The van der Waals surface area contributed by atoms with Crippen LogP contribution in [0.25, 0.3) is 0 Å². The Morgan fingerprint density at radius 2 is 2.21 bits per heavy atom. The van der Waals surface area contributed by atoms with E-state index in [9.17, 15) is 0 Å². The van der Waals surface area contributed by atoms with Gasteiger partial charge in [0.05, 0.1) is 0 Å². The van der Waals surface area contributed by atoms with E-state index in [1.807, 2.05) is 0 Å². The molecule has 72 valence electrons. The average molecular weight is 185 g/mol. The van der Waals surface area contributed by atoms with Crippen LogP contribution >= 0.6 is 0 Å². The summed E-state index contributed by atoms with van der Waals surface area (Å²) in [4.78, 5) is 4.57. The molecular formula is C13H15N. The van der Waals surface area contributed by atoms with E-state index in [0.29, 0.717) is 0 Å². The third-order valence-corrected chi connectivity index (χ3v) is 2.48. The van der Waals surface area contributed by atoms with Crippen LogP contribution in [0.4, 0.5) is 0 Å². The third kappa shape index (κ3) is 1.77. The summed E-state index contributed by atoms with van der Waals surface area (Å²) >= 11 is 0. The molecule has 0 fully saturated rings. The first-order valence-corrected chi connectivity index (χ1v) is 5.03. The fraction of sp³-hybridized carbons (Fsp3) is 0.308. The topological polar surface area (TPSA) is 12.4 Å². The molecule has 1 heterocycles. The fourth-order valence-electron chi connectivity index (χ4n) is 1.85. The van der Waals surface area contributed by atoms with Crippen molar-refractivity contribution in [2.75, 3.05) is 6.54 Å². The lowest BCUT2D eigenvalue weighted by atomic mass is 9.94. The van der Waals surface area contributed by atoms with Crippen LogP contribution in [0.15, 0.2) is 41.4 Å². The molecule has 0 atom stereocenters. The lowest BCUT2D eigenvalue weighted by Crippen LogP contribution is -2.12. The average Bonchev–Trinajstić information content (AvgIpc) is 2.18. The van der Waals surface area contributed by atoms with Gasteiger partial charge < -0.3 is 0 Å². The Kier molecular flexibility index (Phi) is 2.49. The molecule has 0 aromatic heterocycles. The van der Waals surface area contributed by atoms with Crippen molar-refractivity contribution in [3.63, 3.8) is 0 Å². The first-order valence-electron chi connectivity index (χ1n) is 5.03. The summed E-state index contributed by atoms with van der Waals surface area (Å²) in [5.74, 6) is 0. The van der Waals surface area contributed by atoms with E-state index in [2.05, 4.69) is 42.8 Å². The number of benzene rings is 1. The highest BCUT2D eigenvalue weighted by molar-refractivity contribution is 6.03. The first kappa shape index (κ1) is 9.20. The summed E-state index contributed by atoms with van der Waals surface area (Å²) in [5, 5.41) is 0. The van der Waals surface area contributed by atoms with Crippen molar-refractivity contribution in [1.82, 2.24) is 0 Å². The van der Waals surface area contributed by atoms with Crippen LogP contribution in [0.2, 0.25) is 0 Å². The van der Waals surface area contributed by atoms with E-state index in [-0.39, 0.29) is 0 Å². The Bertz CT molecular complexity index is 388. The molecule has 0 N–H and O–H groups in total. The second kappa shape index (κ2) is 3.79.